The zero-order valence-corrected chi connectivity index (χ0v) is 21.7. The fourth-order valence-electron chi connectivity index (χ4n) is 4.02. The van der Waals surface area contributed by atoms with Crippen LogP contribution in [0.4, 0.5) is 5.69 Å². The first-order valence-electron chi connectivity index (χ1n) is 11.8. The summed E-state index contributed by atoms with van der Waals surface area (Å²) in [5.41, 5.74) is 6.38. The van der Waals surface area contributed by atoms with Gasteiger partial charge < -0.3 is 5.32 Å². The number of rotatable bonds is 7. The molecule has 4 rings (SSSR count). The lowest BCUT2D eigenvalue weighted by atomic mass is 9.97. The van der Waals surface area contributed by atoms with E-state index in [4.69, 9.17) is 0 Å². The van der Waals surface area contributed by atoms with Crippen LogP contribution in [-0.2, 0) is 10.0 Å². The summed E-state index contributed by atoms with van der Waals surface area (Å²) in [6.45, 7) is 7.63. The van der Waals surface area contributed by atoms with Crippen LogP contribution < -0.4 is 10.0 Å². The minimum atomic E-state index is -3.90. The number of amides is 1. The molecule has 0 saturated heterocycles. The molecule has 6 heteroatoms. The highest BCUT2D eigenvalue weighted by molar-refractivity contribution is 7.92. The third-order valence-electron chi connectivity index (χ3n) is 6.32. The number of anilines is 1. The van der Waals surface area contributed by atoms with Crippen LogP contribution in [0, 0.1) is 27.7 Å². The van der Waals surface area contributed by atoms with Gasteiger partial charge in [0.25, 0.3) is 15.9 Å². The zero-order valence-electron chi connectivity index (χ0n) is 20.9. The van der Waals surface area contributed by atoms with Crippen molar-refractivity contribution in [1.29, 1.82) is 0 Å². The lowest BCUT2D eigenvalue weighted by Crippen LogP contribution is -2.29. The summed E-state index contributed by atoms with van der Waals surface area (Å²) in [5, 5.41) is 3.09. The van der Waals surface area contributed by atoms with Gasteiger partial charge in [0.05, 0.1) is 10.9 Å². The Morgan fingerprint density at radius 2 is 1.33 bits per heavy atom. The van der Waals surface area contributed by atoms with E-state index in [2.05, 4.69) is 10.0 Å². The van der Waals surface area contributed by atoms with Gasteiger partial charge in [-0.05, 0) is 79.8 Å². The summed E-state index contributed by atoms with van der Waals surface area (Å²) >= 11 is 0. The van der Waals surface area contributed by atoms with Gasteiger partial charge in [-0.15, -0.1) is 0 Å². The maximum Gasteiger partial charge on any atom is 0.262 e. The molecule has 2 N–H and O–H groups in total. The molecule has 4 aromatic carbocycles. The van der Waals surface area contributed by atoms with Crippen LogP contribution in [0.15, 0.2) is 95.9 Å². The van der Waals surface area contributed by atoms with Gasteiger partial charge in [-0.1, -0.05) is 72.3 Å². The summed E-state index contributed by atoms with van der Waals surface area (Å²) in [6.07, 6.45) is 0. The second-order valence-corrected chi connectivity index (χ2v) is 10.8. The number of carbonyl (C=O) groups is 1. The first-order chi connectivity index (χ1) is 17.1. The van der Waals surface area contributed by atoms with Crippen molar-refractivity contribution in [3.05, 3.63) is 130 Å². The minimum Gasteiger partial charge on any atom is -0.341 e. The van der Waals surface area contributed by atoms with Gasteiger partial charge in [0.15, 0.2) is 0 Å². The number of aryl methyl sites for hydroxylation is 4. The Balaban J connectivity index is 1.64. The van der Waals surface area contributed by atoms with Crippen LogP contribution in [0.5, 0.6) is 0 Å². The Bertz CT molecular complexity index is 1500. The van der Waals surface area contributed by atoms with E-state index in [1.165, 1.54) is 6.07 Å². The molecule has 0 radical (unpaired) electrons. The summed E-state index contributed by atoms with van der Waals surface area (Å²) < 4.78 is 29.1. The summed E-state index contributed by atoms with van der Waals surface area (Å²) in [5.74, 6) is -0.355. The molecule has 4 aromatic rings. The molecule has 0 aromatic heterocycles. The molecular weight excluding hydrogens is 468 g/mol. The smallest absolute Gasteiger partial charge is 0.262 e. The number of carbonyl (C=O) groups excluding carboxylic acids is 1. The van der Waals surface area contributed by atoms with Gasteiger partial charge in [0.1, 0.15) is 0 Å². The fraction of sp³-hybridized carbons (Fsp3) is 0.167. The molecule has 184 valence electrons. The third-order valence-corrected chi connectivity index (χ3v) is 7.84. The van der Waals surface area contributed by atoms with Crippen molar-refractivity contribution in [1.82, 2.24) is 5.32 Å². The van der Waals surface area contributed by atoms with E-state index in [-0.39, 0.29) is 22.4 Å². The standard InChI is InChI=1S/C30H30N2O3S/c1-20-10-14-25(15-11-20)29(24-8-6-5-7-9-24)31-30(33)26-16-12-22(3)28(19-26)36(34,35)32-27-17-13-21(2)23(4)18-27/h5-19,29,32H,1-4H3,(H,31,33)/t29-/m0/s1. The highest BCUT2D eigenvalue weighted by atomic mass is 32.2. The second kappa shape index (κ2) is 10.4. The van der Waals surface area contributed by atoms with E-state index < -0.39 is 10.0 Å². The number of hydrogen-bond acceptors (Lipinski definition) is 3. The number of nitrogens with one attached hydrogen (secondary N) is 2. The van der Waals surface area contributed by atoms with Crippen molar-refractivity contribution in [2.45, 2.75) is 38.6 Å². The molecule has 0 unspecified atom stereocenters. The van der Waals surface area contributed by atoms with E-state index in [1.54, 1.807) is 31.2 Å². The lowest BCUT2D eigenvalue weighted by Gasteiger charge is -2.21. The molecule has 36 heavy (non-hydrogen) atoms. The molecule has 0 fully saturated rings. The maximum absolute atomic E-state index is 13.4. The normalized spacial score (nSPS) is 12.1. The quantitative estimate of drug-likeness (QED) is 0.317. The van der Waals surface area contributed by atoms with Crippen molar-refractivity contribution in [3.63, 3.8) is 0 Å². The molecule has 1 amide bonds. The van der Waals surface area contributed by atoms with Gasteiger partial charge in [0, 0.05) is 11.3 Å². The van der Waals surface area contributed by atoms with Crippen LogP contribution in [0.1, 0.15) is 49.8 Å². The van der Waals surface area contributed by atoms with E-state index in [0.717, 1.165) is 27.8 Å². The molecule has 5 nitrogen and oxygen atoms in total. The first-order valence-corrected chi connectivity index (χ1v) is 13.3. The molecule has 0 aliphatic carbocycles. The molecule has 0 heterocycles. The van der Waals surface area contributed by atoms with Gasteiger partial charge in [-0.3, -0.25) is 9.52 Å². The SMILES string of the molecule is Cc1ccc([C@@H](NC(=O)c2ccc(C)c(S(=O)(=O)Nc3ccc(C)c(C)c3)c2)c2ccccc2)cc1. The van der Waals surface area contributed by atoms with Gasteiger partial charge in [0.2, 0.25) is 0 Å². The van der Waals surface area contributed by atoms with Crippen molar-refractivity contribution >= 4 is 21.6 Å². The molecule has 0 spiro atoms. The Kier molecular flexibility index (Phi) is 7.27. The average Bonchev–Trinajstić information content (AvgIpc) is 2.86. The summed E-state index contributed by atoms with van der Waals surface area (Å²) in [7, 11) is -3.90. The predicted molar refractivity (Wildman–Crippen MR) is 145 cm³/mol. The first kappa shape index (κ1) is 25.2. The monoisotopic (exact) mass is 498 g/mol. The van der Waals surface area contributed by atoms with E-state index in [0.29, 0.717) is 11.3 Å². The largest absolute Gasteiger partial charge is 0.341 e. The summed E-state index contributed by atoms with van der Waals surface area (Å²) in [6, 6.07) is 27.5. The van der Waals surface area contributed by atoms with Crippen molar-refractivity contribution in [2.75, 3.05) is 4.72 Å². The van der Waals surface area contributed by atoms with Crippen molar-refractivity contribution in [2.24, 2.45) is 0 Å². The summed E-state index contributed by atoms with van der Waals surface area (Å²) in [4.78, 5) is 13.4. The van der Waals surface area contributed by atoms with Crippen molar-refractivity contribution < 1.29 is 13.2 Å². The Morgan fingerprint density at radius 3 is 2.00 bits per heavy atom. The van der Waals surface area contributed by atoms with E-state index in [1.807, 2.05) is 81.4 Å². The predicted octanol–water partition coefficient (Wildman–Crippen LogP) is 6.24. The van der Waals surface area contributed by atoms with Crippen molar-refractivity contribution in [3.8, 4) is 0 Å². The average molecular weight is 499 g/mol. The van der Waals surface area contributed by atoms with Gasteiger partial charge in [-0.2, -0.15) is 0 Å². The highest BCUT2D eigenvalue weighted by Crippen LogP contribution is 2.25. The Labute approximate surface area is 213 Å². The van der Waals surface area contributed by atoms with Crippen LogP contribution in [-0.4, -0.2) is 14.3 Å². The zero-order chi connectivity index (χ0) is 25.9. The minimum absolute atomic E-state index is 0.0694. The molecule has 0 saturated carbocycles. The highest BCUT2D eigenvalue weighted by Gasteiger charge is 2.22. The fourth-order valence-corrected chi connectivity index (χ4v) is 5.35. The van der Waals surface area contributed by atoms with E-state index in [9.17, 15) is 13.2 Å². The van der Waals surface area contributed by atoms with Crippen LogP contribution >= 0.6 is 0 Å². The topological polar surface area (TPSA) is 75.3 Å². The molecule has 1 atom stereocenters. The maximum atomic E-state index is 13.4. The van der Waals surface area contributed by atoms with Crippen LogP contribution in [0.2, 0.25) is 0 Å². The lowest BCUT2D eigenvalue weighted by molar-refractivity contribution is 0.0942. The number of benzene rings is 4. The van der Waals surface area contributed by atoms with Gasteiger partial charge >= 0.3 is 0 Å². The van der Waals surface area contributed by atoms with Crippen LogP contribution in [0.3, 0.4) is 0 Å². The van der Waals surface area contributed by atoms with Crippen LogP contribution in [0.25, 0.3) is 0 Å². The Morgan fingerprint density at radius 1 is 0.694 bits per heavy atom. The Hall–Kier alpha value is -3.90. The third kappa shape index (κ3) is 5.66. The number of hydrogen-bond donors (Lipinski definition) is 2. The molecule has 0 aliphatic heterocycles. The molecular formula is C30H30N2O3S. The van der Waals surface area contributed by atoms with E-state index >= 15 is 0 Å². The molecule has 0 aliphatic rings. The molecule has 0 bridgehead atoms. The van der Waals surface area contributed by atoms with Gasteiger partial charge in [-0.25, -0.2) is 8.42 Å². The number of sulfonamides is 1. The second-order valence-electron chi connectivity index (χ2n) is 9.11.